The molecule has 1 aromatic carbocycles. The van der Waals surface area contributed by atoms with E-state index in [4.69, 9.17) is 11.6 Å². The molecule has 0 bridgehead atoms. The summed E-state index contributed by atoms with van der Waals surface area (Å²) in [6.45, 7) is 0. The van der Waals surface area contributed by atoms with Gasteiger partial charge >= 0.3 is 0 Å². The van der Waals surface area contributed by atoms with Crippen LogP contribution >= 0.6 is 11.6 Å². The highest BCUT2D eigenvalue weighted by atomic mass is 35.5. The third-order valence-electron chi connectivity index (χ3n) is 3.54. The van der Waals surface area contributed by atoms with Crippen molar-refractivity contribution in [2.45, 2.75) is 31.7 Å². The fourth-order valence-corrected chi connectivity index (χ4v) is 2.43. The molecule has 1 nitrogen and oxygen atoms in total. The number of rotatable bonds is 4. The monoisotopic (exact) mass is 241 g/mol. The molecule has 1 atom stereocenters. The Bertz CT molecular complexity index is 363. The maximum absolute atomic E-state index is 13.6. The number of benzene rings is 1. The molecule has 1 aliphatic carbocycles. The van der Waals surface area contributed by atoms with Crippen molar-refractivity contribution in [3.8, 4) is 0 Å². The molecule has 3 heteroatoms. The number of hydrogen-bond acceptors (Lipinski definition) is 1. The molecule has 0 aliphatic heterocycles. The largest absolute Gasteiger partial charge is 0.316 e. The lowest BCUT2D eigenvalue weighted by atomic mass is 9.77. The Balaban J connectivity index is 2.06. The van der Waals surface area contributed by atoms with Crippen LogP contribution in [0.25, 0.3) is 0 Å². The van der Waals surface area contributed by atoms with Crippen molar-refractivity contribution < 1.29 is 4.39 Å². The Kier molecular flexibility index (Phi) is 3.82. The van der Waals surface area contributed by atoms with Gasteiger partial charge in [-0.25, -0.2) is 4.39 Å². The molecule has 1 fully saturated rings. The Morgan fingerprint density at radius 3 is 2.75 bits per heavy atom. The fraction of sp³-hybridized carbons (Fsp3) is 0.538. The summed E-state index contributed by atoms with van der Waals surface area (Å²) in [6, 6.07) is 5.34. The van der Waals surface area contributed by atoms with Gasteiger partial charge in [-0.2, -0.15) is 0 Å². The van der Waals surface area contributed by atoms with Crippen molar-refractivity contribution in [1.29, 1.82) is 0 Å². The average molecular weight is 242 g/mol. The van der Waals surface area contributed by atoms with E-state index < -0.39 is 0 Å². The van der Waals surface area contributed by atoms with Crippen LogP contribution in [0.15, 0.2) is 18.2 Å². The van der Waals surface area contributed by atoms with Gasteiger partial charge in [0.25, 0.3) is 0 Å². The van der Waals surface area contributed by atoms with Crippen molar-refractivity contribution in [3.63, 3.8) is 0 Å². The van der Waals surface area contributed by atoms with Gasteiger partial charge in [-0.3, -0.25) is 0 Å². The third-order valence-corrected chi connectivity index (χ3v) is 3.78. The van der Waals surface area contributed by atoms with Gasteiger partial charge in [-0.1, -0.05) is 24.1 Å². The normalized spacial score (nSPS) is 18.2. The van der Waals surface area contributed by atoms with E-state index in [1.165, 1.54) is 25.3 Å². The van der Waals surface area contributed by atoms with Gasteiger partial charge in [-0.15, -0.1) is 0 Å². The summed E-state index contributed by atoms with van der Waals surface area (Å²) in [6.07, 6.45) is 4.59. The second-order valence-corrected chi connectivity index (χ2v) is 4.96. The summed E-state index contributed by atoms with van der Waals surface area (Å²) >= 11 is 5.73. The summed E-state index contributed by atoms with van der Waals surface area (Å²) in [4.78, 5) is 0. The number of halogens is 2. The molecule has 0 aromatic heterocycles. The van der Waals surface area contributed by atoms with Gasteiger partial charge in [0.2, 0.25) is 0 Å². The highest BCUT2D eigenvalue weighted by molar-refractivity contribution is 6.30. The van der Waals surface area contributed by atoms with Crippen molar-refractivity contribution in [3.05, 3.63) is 34.6 Å². The van der Waals surface area contributed by atoms with Crippen molar-refractivity contribution in [2.75, 3.05) is 7.05 Å². The lowest BCUT2D eigenvalue weighted by Gasteiger charge is -2.33. The fourth-order valence-electron chi connectivity index (χ4n) is 2.27. The molecule has 0 spiro atoms. The molecule has 1 aliphatic rings. The van der Waals surface area contributed by atoms with Gasteiger partial charge in [0, 0.05) is 11.1 Å². The van der Waals surface area contributed by atoms with E-state index >= 15 is 0 Å². The smallest absolute Gasteiger partial charge is 0.127 e. The maximum Gasteiger partial charge on any atom is 0.127 e. The number of nitrogens with one attached hydrogen (secondary N) is 1. The molecule has 16 heavy (non-hydrogen) atoms. The summed E-state index contributed by atoms with van der Waals surface area (Å²) in [7, 11) is 1.96. The van der Waals surface area contributed by atoms with Crippen molar-refractivity contribution in [1.82, 2.24) is 5.32 Å². The maximum atomic E-state index is 13.6. The lowest BCUT2D eigenvalue weighted by molar-refractivity contribution is 0.234. The molecule has 0 heterocycles. The molecule has 0 saturated heterocycles. The van der Waals surface area contributed by atoms with E-state index in [2.05, 4.69) is 5.32 Å². The molecule has 0 amide bonds. The van der Waals surface area contributed by atoms with Crippen molar-refractivity contribution >= 4 is 11.6 Å². The van der Waals surface area contributed by atoms with E-state index in [-0.39, 0.29) is 5.82 Å². The molecule has 1 aromatic rings. The molecule has 2 rings (SSSR count). The predicted octanol–water partition coefficient (Wildman–Crippen LogP) is 3.41. The van der Waals surface area contributed by atoms with Crippen LogP contribution < -0.4 is 5.32 Å². The Hall–Kier alpha value is -0.600. The molecule has 0 radical (unpaired) electrons. The molecule has 1 unspecified atom stereocenters. The van der Waals surface area contributed by atoms with Gasteiger partial charge in [-0.05, 0) is 49.9 Å². The highest BCUT2D eigenvalue weighted by Crippen LogP contribution is 2.31. The molecular weight excluding hydrogens is 225 g/mol. The third kappa shape index (κ3) is 2.55. The molecule has 1 N–H and O–H groups in total. The quantitative estimate of drug-likeness (QED) is 0.852. The first-order valence-electron chi connectivity index (χ1n) is 5.82. The Morgan fingerprint density at radius 2 is 2.25 bits per heavy atom. The van der Waals surface area contributed by atoms with Crippen LogP contribution in [0.3, 0.4) is 0 Å². The van der Waals surface area contributed by atoms with E-state index in [0.717, 1.165) is 12.0 Å². The van der Waals surface area contributed by atoms with Crippen molar-refractivity contribution in [2.24, 2.45) is 5.92 Å². The van der Waals surface area contributed by atoms with Crippen LogP contribution in [-0.2, 0) is 6.42 Å². The minimum absolute atomic E-state index is 0.188. The summed E-state index contributed by atoms with van der Waals surface area (Å²) in [5.41, 5.74) is 0.760. The molecule has 1 saturated carbocycles. The van der Waals surface area contributed by atoms with Crippen LogP contribution in [0, 0.1) is 11.7 Å². The predicted molar refractivity (Wildman–Crippen MR) is 65.3 cm³/mol. The van der Waals surface area contributed by atoms with E-state index in [1.807, 2.05) is 7.05 Å². The average Bonchev–Trinajstić information content (AvgIpc) is 2.18. The van der Waals surface area contributed by atoms with Crippen LogP contribution in [0.4, 0.5) is 4.39 Å². The standard InChI is InChI=1S/C13H17ClFN/c1-16-13(9-3-2-4-9)7-10-5-6-11(14)8-12(10)15/h5-6,8-9,13,16H,2-4,7H2,1H3. The first-order valence-corrected chi connectivity index (χ1v) is 6.19. The Labute approximate surface area is 101 Å². The zero-order chi connectivity index (χ0) is 11.5. The van der Waals surface area contributed by atoms with Crippen LogP contribution in [-0.4, -0.2) is 13.1 Å². The first-order chi connectivity index (χ1) is 7.70. The SMILES string of the molecule is CNC(Cc1ccc(Cl)cc1F)C1CCC1. The first kappa shape index (κ1) is 11.9. The Morgan fingerprint density at radius 1 is 1.50 bits per heavy atom. The van der Waals surface area contributed by atoms with E-state index in [1.54, 1.807) is 12.1 Å². The highest BCUT2D eigenvalue weighted by Gasteiger charge is 2.26. The van der Waals surface area contributed by atoms with Gasteiger partial charge in [0.15, 0.2) is 0 Å². The summed E-state index contributed by atoms with van der Waals surface area (Å²) in [5, 5.41) is 3.76. The van der Waals surface area contributed by atoms with Crippen LogP contribution in [0.1, 0.15) is 24.8 Å². The topological polar surface area (TPSA) is 12.0 Å². The van der Waals surface area contributed by atoms with Gasteiger partial charge in [0.05, 0.1) is 0 Å². The minimum atomic E-state index is -0.188. The van der Waals surface area contributed by atoms with Gasteiger partial charge < -0.3 is 5.32 Å². The second-order valence-electron chi connectivity index (χ2n) is 4.53. The lowest BCUT2D eigenvalue weighted by Crippen LogP contribution is -2.39. The zero-order valence-corrected chi connectivity index (χ0v) is 10.2. The summed E-state index contributed by atoms with van der Waals surface area (Å²) in [5.74, 6) is 0.521. The molecular formula is C13H17ClFN. The van der Waals surface area contributed by atoms with E-state index in [9.17, 15) is 4.39 Å². The summed E-state index contributed by atoms with van der Waals surface area (Å²) < 4.78 is 13.6. The zero-order valence-electron chi connectivity index (χ0n) is 9.47. The minimum Gasteiger partial charge on any atom is -0.316 e. The van der Waals surface area contributed by atoms with Gasteiger partial charge in [0.1, 0.15) is 5.82 Å². The number of hydrogen-bond donors (Lipinski definition) is 1. The number of likely N-dealkylation sites (N-methyl/N-ethyl adjacent to an activating group) is 1. The van der Waals surface area contributed by atoms with Crippen LogP contribution in [0.2, 0.25) is 5.02 Å². The van der Waals surface area contributed by atoms with E-state index in [0.29, 0.717) is 17.0 Å². The second kappa shape index (κ2) is 5.15. The molecule has 88 valence electrons. The van der Waals surface area contributed by atoms with Crippen LogP contribution in [0.5, 0.6) is 0 Å².